The number of hydrogen-bond acceptors (Lipinski definition) is 4. The van der Waals surface area contributed by atoms with E-state index in [9.17, 15) is 9.59 Å². The van der Waals surface area contributed by atoms with Gasteiger partial charge in [0.05, 0.1) is 10.5 Å². The number of pyridine rings is 1. The highest BCUT2D eigenvalue weighted by molar-refractivity contribution is 6.31. The fourth-order valence-corrected chi connectivity index (χ4v) is 5.54. The largest absolute Gasteiger partial charge is 0.342 e. The fourth-order valence-electron chi connectivity index (χ4n) is 5.37. The maximum absolute atomic E-state index is 12.2. The lowest BCUT2D eigenvalue weighted by molar-refractivity contribution is -0.130. The van der Waals surface area contributed by atoms with Crippen LogP contribution in [0.25, 0.3) is 22.0 Å². The lowest BCUT2D eigenvalue weighted by atomic mass is 9.74. The van der Waals surface area contributed by atoms with E-state index in [1.807, 2.05) is 24.0 Å². The van der Waals surface area contributed by atoms with Crippen molar-refractivity contribution in [1.29, 1.82) is 0 Å². The predicted octanol–water partition coefficient (Wildman–Crippen LogP) is 6.62. The van der Waals surface area contributed by atoms with E-state index in [0.717, 1.165) is 59.2 Å². The van der Waals surface area contributed by atoms with E-state index in [0.29, 0.717) is 17.4 Å². The Morgan fingerprint density at radius 3 is 2.55 bits per heavy atom. The monoisotopic (exact) mass is 532 g/mol. The van der Waals surface area contributed by atoms with E-state index < -0.39 is 5.41 Å². The van der Waals surface area contributed by atoms with E-state index in [1.165, 1.54) is 17.5 Å². The first-order valence-corrected chi connectivity index (χ1v) is 13.6. The zero-order valence-electron chi connectivity index (χ0n) is 23.2. The summed E-state index contributed by atoms with van der Waals surface area (Å²) in [7, 11) is 1.71. The molecule has 0 aliphatic carbocycles. The van der Waals surface area contributed by atoms with Crippen molar-refractivity contribution in [3.8, 4) is 11.1 Å². The third-order valence-corrected chi connectivity index (χ3v) is 7.96. The molecule has 0 radical (unpaired) electrons. The molecule has 1 saturated heterocycles. The van der Waals surface area contributed by atoms with Gasteiger partial charge in [0.1, 0.15) is 0 Å². The van der Waals surface area contributed by atoms with Crippen LogP contribution in [0.5, 0.6) is 0 Å². The fraction of sp³-hybridized carbons (Fsp3) is 0.419. The molecule has 0 spiro atoms. The number of rotatable bonds is 7. The second kappa shape index (κ2) is 11.2. The number of fused-ring (bicyclic) bond motifs is 1. The van der Waals surface area contributed by atoms with Gasteiger partial charge in [0, 0.05) is 56.2 Å². The quantitative estimate of drug-likeness (QED) is 0.253. The highest BCUT2D eigenvalue weighted by atomic mass is 35.5. The first-order chi connectivity index (χ1) is 18.0. The summed E-state index contributed by atoms with van der Waals surface area (Å²) >= 11 is 6.10. The van der Waals surface area contributed by atoms with Gasteiger partial charge in [0.15, 0.2) is 0 Å². The van der Waals surface area contributed by atoms with Gasteiger partial charge in [-0.3, -0.25) is 14.6 Å². The minimum Gasteiger partial charge on any atom is -0.342 e. The Kier molecular flexibility index (Phi) is 8.22. The average Bonchev–Trinajstić information content (AvgIpc) is 3.35. The maximum Gasteiger partial charge on any atom is 0.239 e. The van der Waals surface area contributed by atoms with Gasteiger partial charge in [-0.2, -0.15) is 5.10 Å². The van der Waals surface area contributed by atoms with Gasteiger partial charge in [-0.25, -0.2) is 5.01 Å². The molecule has 4 rings (SSSR count). The number of aryl methyl sites for hydroxylation is 1. The smallest absolute Gasteiger partial charge is 0.239 e. The molecule has 7 heteroatoms. The summed E-state index contributed by atoms with van der Waals surface area (Å²) in [6, 6.07) is 14.7. The van der Waals surface area contributed by atoms with Crippen molar-refractivity contribution in [1.82, 2.24) is 14.9 Å². The van der Waals surface area contributed by atoms with Crippen molar-refractivity contribution >= 4 is 40.0 Å². The standard InChI is InChI=1S/C31H37ClN4O2/c1-7-30(38)36-13-12-22(19-36)15-29(34-35(6)21(3)37)31(4,5)27-11-10-23(14-20(27)2)24-8-9-25-16-26(32)18-33-28(25)17-24/h8-11,14,16-18,22H,7,12-13,15,19H2,1-6H3/b34-29-/t22-/m0/s1. The minimum absolute atomic E-state index is 0.106. The molecule has 1 aromatic heterocycles. The molecule has 1 aliphatic rings. The van der Waals surface area contributed by atoms with E-state index in [4.69, 9.17) is 16.7 Å². The van der Waals surface area contributed by atoms with Crippen LogP contribution in [0.4, 0.5) is 0 Å². The predicted molar refractivity (Wildman–Crippen MR) is 155 cm³/mol. The molecule has 2 heterocycles. The number of halogens is 1. The summed E-state index contributed by atoms with van der Waals surface area (Å²) in [5.74, 6) is 0.414. The van der Waals surface area contributed by atoms with Crippen molar-refractivity contribution in [2.45, 2.75) is 59.3 Å². The Hall–Kier alpha value is -3.25. The van der Waals surface area contributed by atoms with Crippen molar-refractivity contribution in [2.24, 2.45) is 11.0 Å². The zero-order valence-corrected chi connectivity index (χ0v) is 24.0. The number of likely N-dealkylation sites (tertiary alicyclic amines) is 1. The van der Waals surface area contributed by atoms with Crippen LogP contribution in [0.3, 0.4) is 0 Å². The number of carbonyl (C=O) groups is 2. The lowest BCUT2D eigenvalue weighted by Crippen LogP contribution is -2.35. The van der Waals surface area contributed by atoms with Crippen LogP contribution in [0.2, 0.25) is 5.02 Å². The summed E-state index contributed by atoms with van der Waals surface area (Å²) in [4.78, 5) is 30.8. The summed E-state index contributed by atoms with van der Waals surface area (Å²) < 4.78 is 0. The van der Waals surface area contributed by atoms with Crippen LogP contribution in [-0.4, -0.2) is 52.6 Å². The van der Waals surface area contributed by atoms with Crippen LogP contribution >= 0.6 is 11.6 Å². The number of amides is 2. The normalized spacial score (nSPS) is 16.2. The zero-order chi connectivity index (χ0) is 27.6. The Balaban J connectivity index is 1.65. The number of nitrogens with zero attached hydrogens (tertiary/aromatic N) is 4. The van der Waals surface area contributed by atoms with Crippen LogP contribution in [0.15, 0.2) is 53.8 Å². The molecular weight excluding hydrogens is 496 g/mol. The molecule has 0 unspecified atom stereocenters. The molecule has 3 aromatic rings. The van der Waals surface area contributed by atoms with Gasteiger partial charge in [-0.15, -0.1) is 0 Å². The number of carbonyl (C=O) groups excluding carboxylic acids is 2. The molecule has 200 valence electrons. The van der Waals surface area contributed by atoms with Gasteiger partial charge in [0.25, 0.3) is 0 Å². The molecule has 38 heavy (non-hydrogen) atoms. The van der Waals surface area contributed by atoms with E-state index >= 15 is 0 Å². The molecule has 0 bridgehead atoms. The van der Waals surface area contributed by atoms with Crippen molar-refractivity contribution in [3.05, 3.63) is 64.8 Å². The van der Waals surface area contributed by atoms with Crippen LogP contribution in [0, 0.1) is 12.8 Å². The SMILES string of the molecule is CCC(=O)N1CC[C@@H](C/C(=N/N(C)C(C)=O)C(C)(C)c2ccc(-c3ccc4cc(Cl)cnc4c3)cc2C)C1. The average molecular weight is 533 g/mol. The van der Waals surface area contributed by atoms with Gasteiger partial charge in [0.2, 0.25) is 11.8 Å². The topological polar surface area (TPSA) is 65.9 Å². The molecule has 1 aliphatic heterocycles. The van der Waals surface area contributed by atoms with Crippen LogP contribution in [0.1, 0.15) is 58.1 Å². The Morgan fingerprint density at radius 2 is 1.87 bits per heavy atom. The van der Waals surface area contributed by atoms with Crippen LogP contribution < -0.4 is 0 Å². The van der Waals surface area contributed by atoms with Gasteiger partial charge in [-0.1, -0.05) is 62.7 Å². The first kappa shape index (κ1) is 27.8. The number of hydrogen-bond donors (Lipinski definition) is 0. The van der Waals surface area contributed by atoms with Gasteiger partial charge >= 0.3 is 0 Å². The molecular formula is C31H37ClN4O2. The maximum atomic E-state index is 12.2. The summed E-state index contributed by atoms with van der Waals surface area (Å²) in [6.07, 6.45) is 3.88. The summed E-state index contributed by atoms with van der Waals surface area (Å²) in [5, 5.41) is 7.89. The second-order valence-corrected chi connectivity index (χ2v) is 11.3. The molecule has 2 aromatic carbocycles. The molecule has 2 amide bonds. The number of benzene rings is 2. The third-order valence-electron chi connectivity index (χ3n) is 7.75. The van der Waals surface area contributed by atoms with E-state index in [1.54, 1.807) is 13.2 Å². The molecule has 0 saturated carbocycles. The molecule has 1 atom stereocenters. The Morgan fingerprint density at radius 1 is 1.16 bits per heavy atom. The Bertz CT molecular complexity index is 1400. The van der Waals surface area contributed by atoms with E-state index in [2.05, 4.69) is 56.1 Å². The third kappa shape index (κ3) is 5.91. The lowest BCUT2D eigenvalue weighted by Gasteiger charge is -2.32. The minimum atomic E-state index is -0.407. The Labute approximate surface area is 230 Å². The first-order valence-electron chi connectivity index (χ1n) is 13.3. The van der Waals surface area contributed by atoms with Crippen LogP contribution in [-0.2, 0) is 15.0 Å². The summed E-state index contributed by atoms with van der Waals surface area (Å²) in [5.41, 5.74) is 5.99. The second-order valence-electron chi connectivity index (χ2n) is 10.9. The molecule has 6 nitrogen and oxygen atoms in total. The van der Waals surface area contributed by atoms with Crippen molar-refractivity contribution < 1.29 is 9.59 Å². The van der Waals surface area contributed by atoms with Crippen molar-refractivity contribution in [2.75, 3.05) is 20.1 Å². The van der Waals surface area contributed by atoms with Crippen molar-refractivity contribution in [3.63, 3.8) is 0 Å². The molecule has 1 fully saturated rings. The van der Waals surface area contributed by atoms with Gasteiger partial charge < -0.3 is 4.90 Å². The highest BCUT2D eigenvalue weighted by Gasteiger charge is 2.34. The summed E-state index contributed by atoms with van der Waals surface area (Å²) in [6.45, 7) is 11.4. The highest BCUT2D eigenvalue weighted by Crippen LogP contribution is 2.35. The molecule has 0 N–H and O–H groups in total. The number of hydrazone groups is 1. The number of aromatic nitrogens is 1. The van der Waals surface area contributed by atoms with Gasteiger partial charge in [-0.05, 0) is 60.1 Å². The van der Waals surface area contributed by atoms with E-state index in [-0.39, 0.29) is 11.8 Å².